The predicted molar refractivity (Wildman–Crippen MR) is 93.6 cm³/mol. The second-order valence-corrected chi connectivity index (χ2v) is 6.98. The minimum Gasteiger partial charge on any atom is -0.333 e. The van der Waals surface area contributed by atoms with Crippen molar-refractivity contribution in [3.8, 4) is 0 Å². The Bertz CT molecular complexity index is 770. The molecular weight excluding hydrogens is 312 g/mol. The van der Waals surface area contributed by atoms with Crippen molar-refractivity contribution < 1.29 is 0 Å². The maximum Gasteiger partial charge on any atom is 0.166 e. The number of hydrogen-bond acceptors (Lipinski definition) is 4. The minimum atomic E-state index is 0.978. The van der Waals surface area contributed by atoms with E-state index in [-0.39, 0.29) is 0 Å². The fourth-order valence-corrected chi connectivity index (χ4v) is 4.02. The highest BCUT2D eigenvalue weighted by molar-refractivity contribution is 8.02. The van der Waals surface area contributed by atoms with Gasteiger partial charge in [-0.2, -0.15) is 0 Å². The number of nitrogens with zero attached hydrogens (tertiary/aromatic N) is 2. The first-order chi connectivity index (χ1) is 10.9. The van der Waals surface area contributed by atoms with Crippen LogP contribution in [0, 0.1) is 0 Å². The Morgan fingerprint density at radius 3 is 1.59 bits per heavy atom. The molecule has 0 aliphatic carbocycles. The Hall–Kier alpha value is -1.92. The average Bonchev–Trinajstić information content (AvgIpc) is 3.14. The number of benzene rings is 2. The zero-order chi connectivity index (χ0) is 14.8. The van der Waals surface area contributed by atoms with Crippen LogP contribution >= 0.6 is 23.5 Å². The maximum absolute atomic E-state index is 4.57. The molecule has 2 aromatic heterocycles. The van der Waals surface area contributed by atoms with Gasteiger partial charge in [0.1, 0.15) is 0 Å². The normalized spacial score (nSPS) is 11.5. The van der Waals surface area contributed by atoms with E-state index in [1.165, 1.54) is 0 Å². The van der Waals surface area contributed by atoms with E-state index in [1.807, 2.05) is 36.4 Å². The van der Waals surface area contributed by atoms with Crippen molar-refractivity contribution in [1.82, 2.24) is 19.9 Å². The third-order valence-corrected chi connectivity index (χ3v) is 5.30. The summed E-state index contributed by atoms with van der Waals surface area (Å²) in [5.74, 6) is 1.98. The van der Waals surface area contributed by atoms with Crippen molar-refractivity contribution in [2.45, 2.75) is 10.3 Å². The van der Waals surface area contributed by atoms with Gasteiger partial charge in [0, 0.05) is 11.5 Å². The number of fused-ring (bicyclic) bond motifs is 2. The Labute approximate surface area is 136 Å². The lowest BCUT2D eigenvalue weighted by molar-refractivity contribution is 1.07. The summed E-state index contributed by atoms with van der Waals surface area (Å²) in [6, 6.07) is 16.2. The second kappa shape index (κ2) is 6.06. The molecule has 0 atom stereocenters. The summed E-state index contributed by atoms with van der Waals surface area (Å²) in [5, 5.41) is 1.96. The Morgan fingerprint density at radius 2 is 1.14 bits per heavy atom. The Kier molecular flexibility index (Phi) is 3.78. The molecule has 6 heteroatoms. The highest BCUT2D eigenvalue weighted by Crippen LogP contribution is 2.23. The average molecular weight is 326 g/mol. The first-order valence-electron chi connectivity index (χ1n) is 7.03. The van der Waals surface area contributed by atoms with Gasteiger partial charge in [-0.3, -0.25) is 0 Å². The van der Waals surface area contributed by atoms with E-state index in [1.54, 1.807) is 23.5 Å². The van der Waals surface area contributed by atoms with E-state index in [0.717, 1.165) is 43.9 Å². The van der Waals surface area contributed by atoms with E-state index in [2.05, 4.69) is 32.1 Å². The van der Waals surface area contributed by atoms with Gasteiger partial charge in [0.25, 0.3) is 0 Å². The van der Waals surface area contributed by atoms with Gasteiger partial charge in [-0.1, -0.05) is 47.8 Å². The van der Waals surface area contributed by atoms with Crippen molar-refractivity contribution in [3.63, 3.8) is 0 Å². The molecule has 0 saturated carbocycles. The number of thioether (sulfide) groups is 2. The predicted octanol–water partition coefficient (Wildman–Crippen LogP) is 4.32. The highest BCUT2D eigenvalue weighted by atomic mass is 32.2. The van der Waals surface area contributed by atoms with Gasteiger partial charge in [-0.25, -0.2) is 9.97 Å². The maximum atomic E-state index is 4.57. The van der Waals surface area contributed by atoms with Crippen LogP contribution in [0.3, 0.4) is 0 Å². The molecule has 2 heterocycles. The van der Waals surface area contributed by atoms with Gasteiger partial charge in [0.2, 0.25) is 0 Å². The topological polar surface area (TPSA) is 57.4 Å². The molecule has 4 rings (SSSR count). The number of para-hydroxylation sites is 4. The molecule has 0 amide bonds. The molecule has 0 spiro atoms. The van der Waals surface area contributed by atoms with Crippen LogP contribution in [0.15, 0.2) is 58.8 Å². The highest BCUT2D eigenvalue weighted by Gasteiger charge is 2.04. The second-order valence-electron chi connectivity index (χ2n) is 4.82. The molecule has 4 aromatic rings. The summed E-state index contributed by atoms with van der Waals surface area (Å²) in [5.41, 5.74) is 4.23. The number of H-pyrrole nitrogens is 2. The number of aromatic amines is 2. The standard InChI is InChI=1S/C16H14N4S2/c1-2-6-12-11(5-1)17-15(18-12)21-9-10-22-16-19-13-7-3-4-8-14(13)20-16/h1-8H,9-10H2,(H,17,18)(H,19,20). The van der Waals surface area contributed by atoms with Crippen LogP contribution in [0.1, 0.15) is 0 Å². The molecule has 0 fully saturated rings. The van der Waals surface area contributed by atoms with E-state index in [9.17, 15) is 0 Å². The number of imidazole rings is 2. The molecule has 0 radical (unpaired) electrons. The summed E-state index contributed by atoms with van der Waals surface area (Å²) >= 11 is 3.49. The van der Waals surface area contributed by atoms with Gasteiger partial charge in [0.15, 0.2) is 10.3 Å². The summed E-state index contributed by atoms with van der Waals surface area (Å²) in [6.45, 7) is 0. The minimum absolute atomic E-state index is 0.978. The molecular formula is C16H14N4S2. The van der Waals surface area contributed by atoms with Crippen molar-refractivity contribution in [2.24, 2.45) is 0 Å². The third-order valence-electron chi connectivity index (χ3n) is 3.30. The molecule has 2 aromatic carbocycles. The van der Waals surface area contributed by atoms with E-state index in [4.69, 9.17) is 0 Å². The first-order valence-corrected chi connectivity index (χ1v) is 9.01. The molecule has 0 bridgehead atoms. The molecule has 22 heavy (non-hydrogen) atoms. The molecule has 110 valence electrons. The molecule has 0 saturated heterocycles. The van der Waals surface area contributed by atoms with Gasteiger partial charge < -0.3 is 9.97 Å². The monoisotopic (exact) mass is 326 g/mol. The van der Waals surface area contributed by atoms with Crippen LogP contribution in [-0.4, -0.2) is 31.4 Å². The third kappa shape index (κ3) is 2.84. The zero-order valence-electron chi connectivity index (χ0n) is 11.7. The number of hydrogen-bond donors (Lipinski definition) is 2. The molecule has 2 N–H and O–H groups in total. The van der Waals surface area contributed by atoms with Crippen molar-refractivity contribution in [1.29, 1.82) is 0 Å². The van der Waals surface area contributed by atoms with Crippen LogP contribution in [0.25, 0.3) is 22.1 Å². The van der Waals surface area contributed by atoms with Gasteiger partial charge in [-0.05, 0) is 24.3 Å². The Morgan fingerprint density at radius 1 is 0.682 bits per heavy atom. The van der Waals surface area contributed by atoms with Gasteiger partial charge in [0.05, 0.1) is 22.1 Å². The summed E-state index contributed by atoms with van der Waals surface area (Å²) in [6.07, 6.45) is 0. The quantitative estimate of drug-likeness (QED) is 0.423. The fraction of sp³-hybridized carbons (Fsp3) is 0.125. The van der Waals surface area contributed by atoms with Gasteiger partial charge in [-0.15, -0.1) is 0 Å². The van der Waals surface area contributed by atoms with Crippen molar-refractivity contribution >= 4 is 45.6 Å². The van der Waals surface area contributed by atoms with Crippen LogP contribution in [0.2, 0.25) is 0 Å². The fourth-order valence-electron chi connectivity index (χ4n) is 2.27. The number of rotatable bonds is 5. The van der Waals surface area contributed by atoms with Gasteiger partial charge >= 0.3 is 0 Å². The first kappa shape index (κ1) is 13.7. The van der Waals surface area contributed by atoms with Crippen LogP contribution in [0.5, 0.6) is 0 Å². The smallest absolute Gasteiger partial charge is 0.166 e. The summed E-state index contributed by atoms with van der Waals surface area (Å²) < 4.78 is 0. The van der Waals surface area contributed by atoms with E-state index >= 15 is 0 Å². The number of aromatic nitrogens is 4. The lowest BCUT2D eigenvalue weighted by Gasteiger charge is -1.96. The summed E-state index contributed by atoms with van der Waals surface area (Å²) in [4.78, 5) is 15.8. The van der Waals surface area contributed by atoms with Crippen LogP contribution in [-0.2, 0) is 0 Å². The lowest BCUT2D eigenvalue weighted by Crippen LogP contribution is -1.86. The van der Waals surface area contributed by atoms with Crippen LogP contribution in [0.4, 0.5) is 0 Å². The molecule has 0 aliphatic rings. The zero-order valence-corrected chi connectivity index (χ0v) is 13.4. The summed E-state index contributed by atoms with van der Waals surface area (Å²) in [7, 11) is 0. The largest absolute Gasteiger partial charge is 0.333 e. The lowest BCUT2D eigenvalue weighted by atomic mass is 10.3. The van der Waals surface area contributed by atoms with E-state index < -0.39 is 0 Å². The Balaban J connectivity index is 1.35. The molecule has 4 nitrogen and oxygen atoms in total. The SMILES string of the molecule is c1ccc2[nH]c(SCCSc3nc4ccccc4[nH]3)nc2c1. The van der Waals surface area contributed by atoms with Crippen molar-refractivity contribution in [2.75, 3.05) is 11.5 Å². The van der Waals surface area contributed by atoms with E-state index in [0.29, 0.717) is 0 Å². The van der Waals surface area contributed by atoms with Crippen LogP contribution < -0.4 is 0 Å². The molecule has 0 aliphatic heterocycles. The molecule has 0 unspecified atom stereocenters. The number of nitrogens with one attached hydrogen (secondary N) is 2. The van der Waals surface area contributed by atoms with Crippen molar-refractivity contribution in [3.05, 3.63) is 48.5 Å².